The fourth-order valence-electron chi connectivity index (χ4n) is 2.57. The molecule has 0 aliphatic heterocycles. The van der Waals surface area contributed by atoms with E-state index in [1.807, 2.05) is 20.9 Å². The highest BCUT2D eigenvalue weighted by Gasteiger charge is 2.23. The number of hydrogen-bond donors (Lipinski definition) is 1. The van der Waals surface area contributed by atoms with Crippen molar-refractivity contribution < 1.29 is 9.90 Å². The summed E-state index contributed by atoms with van der Waals surface area (Å²) in [4.78, 5) is 13.0. The third-order valence-corrected chi connectivity index (χ3v) is 3.27. The normalized spacial score (nSPS) is 11.9. The van der Waals surface area contributed by atoms with Crippen molar-refractivity contribution in [1.82, 2.24) is 4.90 Å². The Hall–Kier alpha value is -1.35. The van der Waals surface area contributed by atoms with Gasteiger partial charge in [0.15, 0.2) is 0 Å². The lowest BCUT2D eigenvalue weighted by molar-refractivity contribution is -0.139. The van der Waals surface area contributed by atoms with E-state index in [0.29, 0.717) is 0 Å². The Labute approximate surface area is 116 Å². The maximum absolute atomic E-state index is 10.8. The predicted octanol–water partition coefficient (Wildman–Crippen LogP) is 3.24. The minimum atomic E-state index is -0.732. The molecule has 1 aromatic carbocycles. The lowest BCUT2D eigenvalue weighted by atomic mass is 9.88. The minimum Gasteiger partial charge on any atom is -0.481 e. The van der Waals surface area contributed by atoms with Gasteiger partial charge in [-0.2, -0.15) is 0 Å². The Kier molecular flexibility index (Phi) is 5.12. The second-order valence-electron chi connectivity index (χ2n) is 6.34. The molecule has 1 N–H and O–H groups in total. The Morgan fingerprint density at radius 3 is 2.47 bits per heavy atom. The number of carboxylic acids is 1. The molecule has 0 saturated heterocycles. The maximum Gasteiger partial charge on any atom is 0.303 e. The molecule has 19 heavy (non-hydrogen) atoms. The highest BCUT2D eigenvalue weighted by atomic mass is 16.4. The van der Waals surface area contributed by atoms with E-state index in [4.69, 9.17) is 5.11 Å². The molecule has 0 aromatic heterocycles. The lowest BCUT2D eigenvalue weighted by Gasteiger charge is -2.29. The third-order valence-electron chi connectivity index (χ3n) is 3.27. The Morgan fingerprint density at radius 2 is 1.95 bits per heavy atom. The zero-order valence-corrected chi connectivity index (χ0v) is 12.7. The summed E-state index contributed by atoms with van der Waals surface area (Å²) in [6, 6.07) is 6.47. The minimum absolute atomic E-state index is 0.199. The highest BCUT2D eigenvalue weighted by molar-refractivity contribution is 5.67. The summed E-state index contributed by atoms with van der Waals surface area (Å²) in [6.07, 6.45) is 0.199. The van der Waals surface area contributed by atoms with Gasteiger partial charge >= 0.3 is 5.97 Å². The molecule has 106 valence electrons. The summed E-state index contributed by atoms with van der Waals surface area (Å²) in [5.41, 5.74) is 3.66. The Morgan fingerprint density at radius 1 is 1.32 bits per heavy atom. The number of aliphatic carboxylic acids is 1. The van der Waals surface area contributed by atoms with Gasteiger partial charge in [-0.05, 0) is 37.4 Å². The molecule has 0 bridgehead atoms. The summed E-state index contributed by atoms with van der Waals surface area (Å²) >= 11 is 0. The van der Waals surface area contributed by atoms with E-state index < -0.39 is 5.97 Å². The number of aryl methyl sites for hydroxylation is 2. The molecular weight excluding hydrogens is 238 g/mol. The van der Waals surface area contributed by atoms with Crippen LogP contribution in [0.15, 0.2) is 18.2 Å². The van der Waals surface area contributed by atoms with E-state index in [1.165, 1.54) is 16.7 Å². The number of rotatable bonds is 6. The van der Waals surface area contributed by atoms with Crippen molar-refractivity contribution in [3.8, 4) is 0 Å². The summed E-state index contributed by atoms with van der Waals surface area (Å²) in [5, 5.41) is 8.91. The molecule has 0 unspecified atom stereocenters. The van der Waals surface area contributed by atoms with Crippen LogP contribution in [0.4, 0.5) is 0 Å². The van der Waals surface area contributed by atoms with Crippen molar-refractivity contribution in [1.29, 1.82) is 0 Å². The second kappa shape index (κ2) is 6.20. The topological polar surface area (TPSA) is 40.5 Å². The summed E-state index contributed by atoms with van der Waals surface area (Å²) in [5.74, 6) is -0.732. The van der Waals surface area contributed by atoms with E-state index in [2.05, 4.69) is 36.9 Å². The predicted molar refractivity (Wildman–Crippen MR) is 78.3 cm³/mol. The summed E-state index contributed by atoms with van der Waals surface area (Å²) in [7, 11) is 2.04. The van der Waals surface area contributed by atoms with Gasteiger partial charge < -0.3 is 10.0 Å². The fourth-order valence-corrected chi connectivity index (χ4v) is 2.57. The summed E-state index contributed by atoms with van der Waals surface area (Å²) < 4.78 is 0. The zero-order valence-electron chi connectivity index (χ0n) is 12.7. The largest absolute Gasteiger partial charge is 0.481 e. The number of hydrogen-bond acceptors (Lipinski definition) is 2. The number of carboxylic acid groups (broad SMARTS) is 1. The first-order valence-corrected chi connectivity index (χ1v) is 6.66. The van der Waals surface area contributed by atoms with Crippen LogP contribution < -0.4 is 0 Å². The lowest BCUT2D eigenvalue weighted by Crippen LogP contribution is -2.32. The van der Waals surface area contributed by atoms with Gasteiger partial charge in [-0.15, -0.1) is 0 Å². The zero-order chi connectivity index (χ0) is 14.6. The van der Waals surface area contributed by atoms with Gasteiger partial charge in [-0.3, -0.25) is 4.79 Å². The quantitative estimate of drug-likeness (QED) is 0.856. The Bertz CT molecular complexity index is 452. The van der Waals surface area contributed by atoms with Crippen molar-refractivity contribution in [3.63, 3.8) is 0 Å². The van der Waals surface area contributed by atoms with Gasteiger partial charge in [-0.25, -0.2) is 0 Å². The van der Waals surface area contributed by atoms with Crippen LogP contribution in [0.1, 0.15) is 37.0 Å². The molecule has 0 fully saturated rings. The van der Waals surface area contributed by atoms with Crippen LogP contribution in [0.25, 0.3) is 0 Å². The van der Waals surface area contributed by atoms with E-state index in [9.17, 15) is 4.79 Å². The van der Waals surface area contributed by atoms with Gasteiger partial charge in [0.25, 0.3) is 0 Å². The fraction of sp³-hybridized carbons (Fsp3) is 0.562. The second-order valence-corrected chi connectivity index (χ2v) is 6.34. The van der Waals surface area contributed by atoms with Crippen LogP contribution in [0, 0.1) is 19.3 Å². The first kappa shape index (κ1) is 15.7. The standard InChI is InChI=1S/C16H25NO2/c1-12-6-7-14(13(2)8-12)10-17(5)11-16(3,4)9-15(18)19/h6-8H,9-11H2,1-5H3,(H,18,19). The van der Waals surface area contributed by atoms with Gasteiger partial charge in [-0.1, -0.05) is 37.6 Å². The molecule has 1 rings (SSSR count). The SMILES string of the molecule is Cc1ccc(CN(C)CC(C)(C)CC(=O)O)c(C)c1. The third kappa shape index (κ3) is 5.43. The average molecular weight is 263 g/mol. The molecule has 0 radical (unpaired) electrons. The van der Waals surface area contributed by atoms with Crippen LogP contribution in [0.3, 0.4) is 0 Å². The molecule has 3 nitrogen and oxygen atoms in total. The van der Waals surface area contributed by atoms with Crippen LogP contribution >= 0.6 is 0 Å². The summed E-state index contributed by atoms with van der Waals surface area (Å²) in [6.45, 7) is 9.84. The monoisotopic (exact) mass is 263 g/mol. The van der Waals surface area contributed by atoms with Crippen LogP contribution in [0.5, 0.6) is 0 Å². The molecule has 0 saturated carbocycles. The molecule has 0 spiro atoms. The van der Waals surface area contributed by atoms with E-state index in [1.54, 1.807) is 0 Å². The molecule has 0 amide bonds. The molecule has 3 heteroatoms. The Balaban J connectivity index is 2.64. The first-order valence-electron chi connectivity index (χ1n) is 6.66. The van der Waals surface area contributed by atoms with Crippen molar-refractivity contribution in [2.24, 2.45) is 5.41 Å². The van der Waals surface area contributed by atoms with E-state index >= 15 is 0 Å². The van der Waals surface area contributed by atoms with E-state index in [0.717, 1.165) is 13.1 Å². The smallest absolute Gasteiger partial charge is 0.303 e. The van der Waals surface area contributed by atoms with Crippen molar-refractivity contribution in [2.45, 2.75) is 40.7 Å². The molecule has 0 aliphatic carbocycles. The van der Waals surface area contributed by atoms with Crippen molar-refractivity contribution in [3.05, 3.63) is 34.9 Å². The number of carbonyl (C=O) groups is 1. The van der Waals surface area contributed by atoms with E-state index in [-0.39, 0.29) is 11.8 Å². The molecule has 1 aromatic rings. The maximum atomic E-state index is 10.8. The van der Waals surface area contributed by atoms with Crippen LogP contribution in [-0.4, -0.2) is 29.6 Å². The molecule has 0 heterocycles. The molecule has 0 atom stereocenters. The number of benzene rings is 1. The molecule has 0 aliphatic rings. The van der Waals surface area contributed by atoms with Gasteiger partial charge in [0.2, 0.25) is 0 Å². The van der Waals surface area contributed by atoms with Crippen molar-refractivity contribution in [2.75, 3.05) is 13.6 Å². The van der Waals surface area contributed by atoms with Gasteiger partial charge in [0.05, 0.1) is 6.42 Å². The average Bonchev–Trinajstić information content (AvgIpc) is 2.19. The number of nitrogens with zero attached hydrogens (tertiary/aromatic N) is 1. The molecular formula is C16H25NO2. The van der Waals surface area contributed by atoms with Gasteiger partial charge in [0, 0.05) is 13.1 Å². The van der Waals surface area contributed by atoms with Crippen LogP contribution in [0.2, 0.25) is 0 Å². The first-order chi connectivity index (χ1) is 8.69. The van der Waals surface area contributed by atoms with Gasteiger partial charge in [0.1, 0.15) is 0 Å². The van der Waals surface area contributed by atoms with Crippen molar-refractivity contribution >= 4 is 5.97 Å². The highest BCUT2D eigenvalue weighted by Crippen LogP contribution is 2.22. The van der Waals surface area contributed by atoms with Crippen LogP contribution in [-0.2, 0) is 11.3 Å².